The highest BCUT2D eigenvalue weighted by atomic mass is 32.2. The maximum Gasteiger partial charge on any atom is 0.125 e. The van der Waals surface area contributed by atoms with Crippen LogP contribution in [-0.4, -0.2) is 37.3 Å². The molecule has 0 saturated heterocycles. The Morgan fingerprint density at radius 2 is 1.05 bits per heavy atom. The van der Waals surface area contributed by atoms with E-state index in [4.69, 9.17) is 0 Å². The van der Waals surface area contributed by atoms with Crippen LogP contribution in [0.1, 0.15) is 84.0 Å². The number of unbranched alkanes of at least 4 members (excludes halogenated alkanes) is 11. The van der Waals surface area contributed by atoms with Crippen LogP contribution in [0, 0.1) is 0 Å². The summed E-state index contributed by atoms with van der Waals surface area (Å²) in [7, 11) is 4.71. The number of thioether (sulfide) groups is 1. The Morgan fingerprint density at radius 3 is 1.45 bits per heavy atom. The van der Waals surface area contributed by atoms with Gasteiger partial charge in [-0.1, -0.05) is 71.1 Å². The quantitative estimate of drug-likeness (QED) is 0.200. The second-order valence-electron chi connectivity index (χ2n) is 6.97. The largest absolute Gasteiger partial charge is 0.320 e. The molecule has 0 bridgehead atoms. The maximum absolute atomic E-state index is 2.36. The van der Waals surface area contributed by atoms with Crippen LogP contribution in [-0.2, 0) is 0 Å². The molecular weight excluding hydrogens is 262 g/mol. The van der Waals surface area contributed by atoms with Crippen LogP contribution >= 0.6 is 11.8 Å². The number of hydrogen-bond donors (Lipinski definition) is 0. The van der Waals surface area contributed by atoms with E-state index < -0.39 is 0 Å². The van der Waals surface area contributed by atoms with E-state index in [1.165, 1.54) is 94.0 Å². The Hall–Kier alpha value is 0.310. The van der Waals surface area contributed by atoms with Crippen molar-refractivity contribution in [3.05, 3.63) is 0 Å². The van der Waals surface area contributed by atoms with Crippen molar-refractivity contribution in [3.63, 3.8) is 0 Å². The molecule has 0 aromatic carbocycles. The number of hydrogen-bond acceptors (Lipinski definition) is 1. The van der Waals surface area contributed by atoms with Crippen molar-refractivity contribution in [1.82, 2.24) is 0 Å². The van der Waals surface area contributed by atoms with Crippen molar-refractivity contribution in [1.29, 1.82) is 0 Å². The van der Waals surface area contributed by atoms with Gasteiger partial charge in [0.1, 0.15) is 5.88 Å². The van der Waals surface area contributed by atoms with Crippen molar-refractivity contribution < 1.29 is 4.48 Å². The Labute approximate surface area is 133 Å². The van der Waals surface area contributed by atoms with E-state index in [-0.39, 0.29) is 0 Å². The second kappa shape index (κ2) is 14.3. The van der Waals surface area contributed by atoms with E-state index >= 15 is 0 Å². The van der Waals surface area contributed by atoms with Gasteiger partial charge >= 0.3 is 0 Å². The molecule has 0 rings (SSSR count). The molecule has 0 aromatic heterocycles. The first-order valence-electron chi connectivity index (χ1n) is 8.93. The lowest BCUT2D eigenvalue weighted by atomic mass is 10.1. The third-order valence-electron chi connectivity index (χ3n) is 4.10. The summed E-state index contributed by atoms with van der Waals surface area (Å²) in [6, 6.07) is 0. The molecule has 0 fully saturated rings. The van der Waals surface area contributed by atoms with E-state index in [1.807, 2.05) is 11.8 Å². The minimum atomic E-state index is 1.18. The van der Waals surface area contributed by atoms with Crippen molar-refractivity contribution >= 4 is 11.8 Å². The molecule has 2 heteroatoms. The summed E-state index contributed by atoms with van der Waals surface area (Å²) in [5.74, 6) is 1.25. The molecule has 0 amide bonds. The molecule has 0 spiro atoms. The number of nitrogens with zero attached hydrogens (tertiary/aromatic N) is 1. The van der Waals surface area contributed by atoms with Crippen molar-refractivity contribution in [2.45, 2.75) is 84.0 Å². The molecule has 0 radical (unpaired) electrons. The van der Waals surface area contributed by atoms with Crippen LogP contribution in [0.2, 0.25) is 0 Å². The maximum atomic E-state index is 2.36. The molecule has 0 aliphatic rings. The first kappa shape index (κ1) is 20.3. The van der Waals surface area contributed by atoms with Gasteiger partial charge in [-0.05, 0) is 19.1 Å². The zero-order valence-electron chi connectivity index (χ0n) is 14.8. The van der Waals surface area contributed by atoms with Gasteiger partial charge in [-0.25, -0.2) is 0 Å². The van der Waals surface area contributed by atoms with E-state index in [2.05, 4.69) is 27.3 Å². The van der Waals surface area contributed by atoms with Crippen molar-refractivity contribution in [2.75, 3.05) is 32.8 Å². The predicted octanol–water partition coefficient (Wildman–Crippen LogP) is 6.08. The monoisotopic (exact) mass is 302 g/mol. The highest BCUT2D eigenvalue weighted by Crippen LogP contribution is 2.13. The summed E-state index contributed by atoms with van der Waals surface area (Å²) in [6.45, 7) is 3.64. The van der Waals surface area contributed by atoms with Gasteiger partial charge in [0.2, 0.25) is 0 Å². The summed E-state index contributed by atoms with van der Waals surface area (Å²) in [4.78, 5) is 0. The average molecular weight is 303 g/mol. The average Bonchev–Trinajstić information content (AvgIpc) is 2.40. The van der Waals surface area contributed by atoms with Gasteiger partial charge in [0.15, 0.2) is 0 Å². The van der Waals surface area contributed by atoms with Gasteiger partial charge < -0.3 is 4.48 Å². The third-order valence-corrected chi connectivity index (χ3v) is 5.05. The van der Waals surface area contributed by atoms with Gasteiger partial charge in [-0.2, -0.15) is 0 Å². The minimum Gasteiger partial charge on any atom is -0.320 e. The Kier molecular flexibility index (Phi) is 14.5. The highest BCUT2D eigenvalue weighted by Gasteiger charge is 2.12. The number of quaternary nitrogens is 1. The second-order valence-corrected chi connectivity index (χ2v) is 7.80. The van der Waals surface area contributed by atoms with Crippen LogP contribution in [0.15, 0.2) is 0 Å². The molecule has 122 valence electrons. The van der Waals surface area contributed by atoms with Gasteiger partial charge in [-0.15, -0.1) is 11.8 Å². The smallest absolute Gasteiger partial charge is 0.125 e. The molecule has 0 aromatic rings. The molecule has 20 heavy (non-hydrogen) atoms. The van der Waals surface area contributed by atoms with Gasteiger partial charge in [-0.3, -0.25) is 0 Å². The third kappa shape index (κ3) is 14.7. The summed E-state index contributed by atoms with van der Waals surface area (Å²) >= 11 is 1.97. The van der Waals surface area contributed by atoms with E-state index in [1.54, 1.807) is 0 Å². The zero-order valence-corrected chi connectivity index (χ0v) is 15.6. The fraction of sp³-hybridized carbons (Fsp3) is 1.00. The van der Waals surface area contributed by atoms with E-state index in [9.17, 15) is 0 Å². The standard InChI is InChI=1S/C18H40NS/c1-5-6-7-8-9-10-11-12-13-14-15-16-17-19(2,3)18-20-4/h5-18H2,1-4H3/q+1. The summed E-state index contributed by atoms with van der Waals surface area (Å²) in [6.07, 6.45) is 19.6. The van der Waals surface area contributed by atoms with Crippen LogP contribution in [0.3, 0.4) is 0 Å². The fourth-order valence-corrected chi connectivity index (χ4v) is 3.62. The van der Waals surface area contributed by atoms with Gasteiger partial charge in [0.25, 0.3) is 0 Å². The number of rotatable bonds is 15. The van der Waals surface area contributed by atoms with Crippen molar-refractivity contribution in [2.24, 2.45) is 0 Å². The predicted molar refractivity (Wildman–Crippen MR) is 96.4 cm³/mol. The van der Waals surface area contributed by atoms with Crippen molar-refractivity contribution in [3.8, 4) is 0 Å². The fourth-order valence-electron chi connectivity index (χ4n) is 2.79. The van der Waals surface area contributed by atoms with Gasteiger partial charge in [0, 0.05) is 0 Å². The zero-order chi connectivity index (χ0) is 15.1. The Morgan fingerprint density at radius 1 is 0.650 bits per heavy atom. The molecule has 0 unspecified atom stereocenters. The lowest BCUT2D eigenvalue weighted by Crippen LogP contribution is -2.39. The minimum absolute atomic E-state index is 1.18. The van der Waals surface area contributed by atoms with E-state index in [0.717, 1.165) is 0 Å². The lowest BCUT2D eigenvalue weighted by molar-refractivity contribution is -0.877. The van der Waals surface area contributed by atoms with E-state index in [0.29, 0.717) is 0 Å². The molecular formula is C18H40NS+. The normalized spacial score (nSPS) is 12.0. The lowest BCUT2D eigenvalue weighted by Gasteiger charge is -2.28. The first-order chi connectivity index (χ1) is 9.62. The summed E-state index contributed by atoms with van der Waals surface area (Å²) in [5, 5.41) is 0. The molecule has 0 atom stereocenters. The Bertz CT molecular complexity index is 192. The Balaban J connectivity index is 3.13. The SMILES string of the molecule is CCCCCCCCCCCCCC[N+](C)(C)CSC. The van der Waals surface area contributed by atoms with Crippen LogP contribution in [0.25, 0.3) is 0 Å². The summed E-state index contributed by atoms with van der Waals surface area (Å²) < 4.78 is 1.18. The molecule has 0 N–H and O–H groups in total. The van der Waals surface area contributed by atoms with Crippen LogP contribution < -0.4 is 0 Å². The summed E-state index contributed by atoms with van der Waals surface area (Å²) in [5.41, 5.74) is 0. The molecule has 0 saturated carbocycles. The highest BCUT2D eigenvalue weighted by molar-refractivity contribution is 7.98. The first-order valence-corrected chi connectivity index (χ1v) is 10.3. The molecule has 1 nitrogen and oxygen atoms in total. The van der Waals surface area contributed by atoms with Crippen LogP contribution in [0.5, 0.6) is 0 Å². The topological polar surface area (TPSA) is 0 Å². The molecule has 0 heterocycles. The van der Waals surface area contributed by atoms with Gasteiger partial charge in [0.05, 0.1) is 20.6 Å². The van der Waals surface area contributed by atoms with Crippen LogP contribution in [0.4, 0.5) is 0 Å². The molecule has 0 aliphatic heterocycles. The molecule has 0 aliphatic carbocycles.